The van der Waals surface area contributed by atoms with Crippen LogP contribution in [-0.2, 0) is 19.3 Å². The number of imidazole rings is 1. The molecule has 7 nitrogen and oxygen atoms in total. The highest BCUT2D eigenvalue weighted by Gasteiger charge is 2.17. The van der Waals surface area contributed by atoms with Gasteiger partial charge in [0.1, 0.15) is 5.76 Å². The quantitative estimate of drug-likeness (QED) is 0.632. The summed E-state index contributed by atoms with van der Waals surface area (Å²) in [5.74, 6) is 0.844. The summed E-state index contributed by atoms with van der Waals surface area (Å²) in [7, 11) is 3.61. The number of furan rings is 1. The minimum absolute atomic E-state index is 0.229. The van der Waals surface area contributed by atoms with Crippen LogP contribution in [0.3, 0.4) is 0 Å². The zero-order chi connectivity index (χ0) is 19.4. The number of rotatable bonds is 7. The normalized spacial score (nSPS) is 10.7. The fourth-order valence-corrected chi connectivity index (χ4v) is 3.38. The molecule has 0 fully saturated rings. The van der Waals surface area contributed by atoms with Crippen LogP contribution in [0.15, 0.2) is 58.4 Å². The predicted octanol–water partition coefficient (Wildman–Crippen LogP) is 2.68. The SMILES string of the molecule is CN(Cc1cccc(C(N)=O)c1)C(=O)c1ccc(CSc2nccn2C)o1. The maximum Gasteiger partial charge on any atom is 0.289 e. The zero-order valence-corrected chi connectivity index (χ0v) is 15.9. The largest absolute Gasteiger partial charge is 0.455 e. The Kier molecular flexibility index (Phi) is 5.66. The number of amides is 2. The molecule has 0 saturated heterocycles. The van der Waals surface area contributed by atoms with Gasteiger partial charge in [-0.1, -0.05) is 23.9 Å². The predicted molar refractivity (Wildman–Crippen MR) is 102 cm³/mol. The molecule has 0 aliphatic rings. The molecule has 0 unspecified atom stereocenters. The van der Waals surface area contributed by atoms with Crippen LogP contribution in [0, 0.1) is 0 Å². The van der Waals surface area contributed by atoms with E-state index in [2.05, 4.69) is 4.98 Å². The van der Waals surface area contributed by atoms with E-state index in [-0.39, 0.29) is 11.7 Å². The maximum atomic E-state index is 12.6. The minimum atomic E-state index is -0.494. The van der Waals surface area contributed by atoms with Gasteiger partial charge in [-0.2, -0.15) is 0 Å². The molecule has 8 heteroatoms. The zero-order valence-electron chi connectivity index (χ0n) is 15.1. The van der Waals surface area contributed by atoms with Gasteiger partial charge in [0, 0.05) is 38.6 Å². The highest BCUT2D eigenvalue weighted by Crippen LogP contribution is 2.22. The molecule has 0 atom stereocenters. The Balaban J connectivity index is 1.62. The first-order chi connectivity index (χ1) is 12.9. The van der Waals surface area contributed by atoms with E-state index in [1.54, 1.807) is 43.6 Å². The fraction of sp³-hybridized carbons (Fsp3) is 0.211. The number of benzene rings is 1. The first-order valence-electron chi connectivity index (χ1n) is 8.27. The minimum Gasteiger partial charge on any atom is -0.455 e. The van der Waals surface area contributed by atoms with Crippen LogP contribution in [0.25, 0.3) is 0 Å². The molecule has 0 spiro atoms. The number of nitrogens with two attached hydrogens (primary N) is 1. The first kappa shape index (κ1) is 18.8. The van der Waals surface area contributed by atoms with E-state index in [1.807, 2.05) is 23.9 Å². The van der Waals surface area contributed by atoms with Crippen LogP contribution in [0.1, 0.15) is 32.2 Å². The van der Waals surface area contributed by atoms with Crippen molar-refractivity contribution in [2.75, 3.05) is 7.05 Å². The third-order valence-electron chi connectivity index (χ3n) is 3.97. The summed E-state index contributed by atoms with van der Waals surface area (Å²) in [6, 6.07) is 10.4. The molecule has 3 rings (SSSR count). The molecule has 2 heterocycles. The molecule has 140 valence electrons. The average Bonchev–Trinajstić information content (AvgIpc) is 3.28. The van der Waals surface area contributed by atoms with Gasteiger partial charge < -0.3 is 19.6 Å². The van der Waals surface area contributed by atoms with Crippen molar-refractivity contribution < 1.29 is 14.0 Å². The Morgan fingerprint density at radius 1 is 1.30 bits per heavy atom. The Morgan fingerprint density at radius 3 is 2.81 bits per heavy atom. The summed E-state index contributed by atoms with van der Waals surface area (Å²) in [4.78, 5) is 29.6. The highest BCUT2D eigenvalue weighted by molar-refractivity contribution is 7.98. The number of hydrogen-bond acceptors (Lipinski definition) is 5. The standard InChI is InChI=1S/C19H20N4O3S/c1-22-9-8-21-19(22)27-12-15-6-7-16(26-15)18(25)23(2)11-13-4-3-5-14(10-13)17(20)24/h3-10H,11-12H2,1-2H3,(H2,20,24). The third-order valence-corrected chi connectivity index (χ3v) is 5.05. The van der Waals surface area contributed by atoms with Gasteiger partial charge in [0.25, 0.3) is 5.91 Å². The Labute approximate surface area is 161 Å². The third kappa shape index (κ3) is 4.59. The number of hydrogen-bond donors (Lipinski definition) is 1. The van der Waals surface area contributed by atoms with Crippen LogP contribution >= 0.6 is 11.8 Å². The van der Waals surface area contributed by atoms with E-state index in [0.717, 1.165) is 10.7 Å². The molecule has 2 N–H and O–H groups in total. The summed E-state index contributed by atoms with van der Waals surface area (Å²) in [5, 5.41) is 0.880. The van der Waals surface area contributed by atoms with Gasteiger partial charge >= 0.3 is 0 Å². The smallest absolute Gasteiger partial charge is 0.289 e. The van der Waals surface area contributed by atoms with Gasteiger partial charge in [-0.15, -0.1) is 0 Å². The summed E-state index contributed by atoms with van der Waals surface area (Å²) in [6.07, 6.45) is 3.61. The summed E-state index contributed by atoms with van der Waals surface area (Å²) in [6.45, 7) is 0.345. The number of carbonyl (C=O) groups is 2. The fourth-order valence-electron chi connectivity index (χ4n) is 2.55. The lowest BCUT2D eigenvalue weighted by Crippen LogP contribution is -2.26. The summed E-state index contributed by atoms with van der Waals surface area (Å²) < 4.78 is 7.61. The molecule has 2 amide bonds. The van der Waals surface area contributed by atoms with Crippen LogP contribution in [0.2, 0.25) is 0 Å². The van der Waals surface area contributed by atoms with Crippen molar-refractivity contribution >= 4 is 23.6 Å². The van der Waals surface area contributed by atoms with Gasteiger partial charge in [0.15, 0.2) is 10.9 Å². The molecule has 3 aromatic rings. The van der Waals surface area contributed by atoms with Crippen molar-refractivity contribution in [3.05, 3.63) is 71.4 Å². The summed E-state index contributed by atoms with van der Waals surface area (Å²) in [5.41, 5.74) is 6.53. The molecular formula is C19H20N4O3S. The molecule has 1 aromatic carbocycles. The molecule has 27 heavy (non-hydrogen) atoms. The summed E-state index contributed by atoms with van der Waals surface area (Å²) >= 11 is 1.54. The van der Waals surface area contributed by atoms with Gasteiger partial charge in [-0.25, -0.2) is 4.98 Å². The molecule has 0 saturated carbocycles. The Hall–Kier alpha value is -3.00. The Morgan fingerprint density at radius 2 is 2.11 bits per heavy atom. The van der Waals surface area contributed by atoms with Crippen molar-refractivity contribution in [3.63, 3.8) is 0 Å². The van der Waals surface area contributed by atoms with Gasteiger partial charge in [-0.3, -0.25) is 9.59 Å². The van der Waals surface area contributed by atoms with Gasteiger partial charge in [0.05, 0.1) is 5.75 Å². The van der Waals surface area contributed by atoms with Crippen LogP contribution in [0.5, 0.6) is 0 Å². The van der Waals surface area contributed by atoms with E-state index < -0.39 is 5.91 Å². The maximum absolute atomic E-state index is 12.6. The number of primary amides is 1. The number of carbonyl (C=O) groups excluding carboxylic acids is 2. The van der Waals surface area contributed by atoms with E-state index in [0.29, 0.717) is 23.6 Å². The van der Waals surface area contributed by atoms with Crippen LogP contribution < -0.4 is 5.73 Å². The van der Waals surface area contributed by atoms with Gasteiger partial charge in [0.2, 0.25) is 5.91 Å². The molecule has 0 bridgehead atoms. The number of aryl methyl sites for hydroxylation is 1. The van der Waals surface area contributed by atoms with E-state index in [1.165, 1.54) is 16.7 Å². The first-order valence-corrected chi connectivity index (χ1v) is 9.25. The van der Waals surface area contributed by atoms with Crippen molar-refractivity contribution in [2.24, 2.45) is 12.8 Å². The van der Waals surface area contributed by atoms with Crippen LogP contribution in [0.4, 0.5) is 0 Å². The highest BCUT2D eigenvalue weighted by atomic mass is 32.2. The molecule has 0 aliphatic heterocycles. The van der Waals surface area contributed by atoms with E-state index in [9.17, 15) is 9.59 Å². The van der Waals surface area contributed by atoms with E-state index >= 15 is 0 Å². The number of nitrogens with zero attached hydrogens (tertiary/aromatic N) is 3. The number of thioether (sulfide) groups is 1. The Bertz CT molecular complexity index is 963. The monoisotopic (exact) mass is 384 g/mol. The lowest BCUT2D eigenvalue weighted by molar-refractivity contribution is 0.0752. The molecule has 2 aromatic heterocycles. The second kappa shape index (κ2) is 8.13. The van der Waals surface area contributed by atoms with Crippen molar-refractivity contribution in [1.82, 2.24) is 14.5 Å². The molecular weight excluding hydrogens is 364 g/mol. The number of aromatic nitrogens is 2. The van der Waals surface area contributed by atoms with Crippen molar-refractivity contribution in [3.8, 4) is 0 Å². The second-order valence-corrected chi connectivity index (χ2v) is 7.04. The lowest BCUT2D eigenvalue weighted by atomic mass is 10.1. The second-order valence-electron chi connectivity index (χ2n) is 6.10. The van der Waals surface area contributed by atoms with Crippen molar-refractivity contribution in [2.45, 2.75) is 17.5 Å². The van der Waals surface area contributed by atoms with Gasteiger partial charge in [-0.05, 0) is 29.8 Å². The molecule has 0 radical (unpaired) electrons. The topological polar surface area (TPSA) is 94.4 Å². The average molecular weight is 384 g/mol. The van der Waals surface area contributed by atoms with E-state index in [4.69, 9.17) is 10.2 Å². The molecule has 0 aliphatic carbocycles. The van der Waals surface area contributed by atoms with Crippen LogP contribution in [-0.4, -0.2) is 33.3 Å². The van der Waals surface area contributed by atoms with Crippen molar-refractivity contribution in [1.29, 1.82) is 0 Å². The lowest BCUT2D eigenvalue weighted by Gasteiger charge is -2.16.